The Labute approximate surface area is 93.8 Å². The molecule has 88 valence electrons. The average Bonchev–Trinajstić information content (AvgIpc) is 2.87. The summed E-state index contributed by atoms with van der Waals surface area (Å²) in [5, 5.41) is 6.64. The highest BCUT2D eigenvalue weighted by Gasteiger charge is 2.29. The molecule has 1 saturated heterocycles. The zero-order valence-corrected chi connectivity index (χ0v) is 9.49. The number of carbonyl (C=O) groups is 1. The summed E-state index contributed by atoms with van der Waals surface area (Å²) in [5.41, 5.74) is 7.24. The number of nitrogens with one attached hydrogen (secondary N) is 1. The maximum absolute atomic E-state index is 12.1. The fourth-order valence-electron chi connectivity index (χ4n) is 1.86. The quantitative estimate of drug-likeness (QED) is 0.749. The number of hydrogen-bond acceptors (Lipinski definition) is 4. The van der Waals surface area contributed by atoms with Gasteiger partial charge in [-0.3, -0.25) is 9.89 Å². The van der Waals surface area contributed by atoms with Crippen LogP contribution in [-0.4, -0.2) is 47.3 Å². The van der Waals surface area contributed by atoms with Crippen LogP contribution in [0.25, 0.3) is 0 Å². The van der Waals surface area contributed by atoms with E-state index in [0.717, 1.165) is 12.1 Å². The molecule has 0 aliphatic carbocycles. The minimum absolute atomic E-state index is 0.124. The van der Waals surface area contributed by atoms with Gasteiger partial charge in [0.2, 0.25) is 0 Å². The van der Waals surface area contributed by atoms with Crippen molar-refractivity contribution in [2.45, 2.75) is 19.4 Å². The molecule has 1 atom stereocenters. The Morgan fingerprint density at radius 3 is 2.94 bits per heavy atom. The summed E-state index contributed by atoms with van der Waals surface area (Å²) in [5.74, 6) is -0.124. The van der Waals surface area contributed by atoms with Crippen LogP contribution in [0.3, 0.4) is 0 Å². The summed E-state index contributed by atoms with van der Waals surface area (Å²) in [6.45, 7) is 3.10. The molecule has 1 fully saturated rings. The second-order valence-corrected chi connectivity index (χ2v) is 4.01. The monoisotopic (exact) mass is 224 g/mol. The molecule has 0 radical (unpaired) electrons. The number of likely N-dealkylation sites (tertiary alicyclic amines) is 1. The van der Waals surface area contributed by atoms with E-state index in [4.69, 9.17) is 10.5 Å². The number of aromatic amines is 1. The number of nitrogens with zero attached hydrogens (tertiary/aromatic N) is 2. The van der Waals surface area contributed by atoms with Crippen LogP contribution in [0.5, 0.6) is 0 Å². The third-order valence-corrected chi connectivity index (χ3v) is 2.96. The van der Waals surface area contributed by atoms with Crippen molar-refractivity contribution in [1.82, 2.24) is 15.1 Å². The second-order valence-electron chi connectivity index (χ2n) is 4.01. The SMILES string of the molecule is COC1CCN(C(=O)c2n[nH]c(C)c2N)C1. The van der Waals surface area contributed by atoms with Gasteiger partial charge >= 0.3 is 0 Å². The van der Waals surface area contributed by atoms with E-state index in [1.807, 2.05) is 0 Å². The normalized spacial score (nSPS) is 20.4. The summed E-state index contributed by atoms with van der Waals surface area (Å²) in [7, 11) is 1.66. The van der Waals surface area contributed by atoms with Crippen molar-refractivity contribution >= 4 is 11.6 Å². The molecule has 0 aromatic carbocycles. The van der Waals surface area contributed by atoms with Crippen molar-refractivity contribution in [2.24, 2.45) is 0 Å². The molecular formula is C10H16N4O2. The van der Waals surface area contributed by atoms with Gasteiger partial charge in [0, 0.05) is 20.2 Å². The molecule has 1 unspecified atom stereocenters. The number of methoxy groups -OCH3 is 1. The van der Waals surface area contributed by atoms with Gasteiger partial charge in [0.1, 0.15) is 0 Å². The van der Waals surface area contributed by atoms with E-state index in [1.165, 1.54) is 0 Å². The fraction of sp³-hybridized carbons (Fsp3) is 0.600. The van der Waals surface area contributed by atoms with E-state index in [1.54, 1.807) is 18.9 Å². The first-order valence-corrected chi connectivity index (χ1v) is 5.26. The second kappa shape index (κ2) is 4.13. The Morgan fingerprint density at radius 2 is 2.44 bits per heavy atom. The first-order chi connectivity index (χ1) is 7.63. The van der Waals surface area contributed by atoms with Crippen molar-refractivity contribution in [2.75, 3.05) is 25.9 Å². The van der Waals surface area contributed by atoms with Gasteiger partial charge in [0.05, 0.1) is 17.5 Å². The van der Waals surface area contributed by atoms with Crippen LogP contribution >= 0.6 is 0 Å². The summed E-state index contributed by atoms with van der Waals surface area (Å²) >= 11 is 0. The lowest BCUT2D eigenvalue weighted by Crippen LogP contribution is -2.30. The molecule has 0 bridgehead atoms. The topological polar surface area (TPSA) is 84.2 Å². The Kier molecular flexibility index (Phi) is 2.82. The first kappa shape index (κ1) is 10.9. The molecule has 6 nitrogen and oxygen atoms in total. The van der Waals surface area contributed by atoms with E-state index in [0.29, 0.717) is 24.5 Å². The third kappa shape index (κ3) is 1.76. The molecule has 0 saturated carbocycles. The van der Waals surface area contributed by atoms with E-state index in [-0.39, 0.29) is 12.0 Å². The van der Waals surface area contributed by atoms with Crippen molar-refractivity contribution in [1.29, 1.82) is 0 Å². The van der Waals surface area contributed by atoms with Crippen LogP contribution < -0.4 is 5.73 Å². The number of amides is 1. The number of carbonyl (C=O) groups excluding carboxylic acids is 1. The van der Waals surface area contributed by atoms with Crippen molar-refractivity contribution in [3.05, 3.63) is 11.4 Å². The maximum Gasteiger partial charge on any atom is 0.276 e. The van der Waals surface area contributed by atoms with E-state index < -0.39 is 0 Å². The summed E-state index contributed by atoms with van der Waals surface area (Å²) < 4.78 is 5.21. The molecule has 1 aliphatic heterocycles. The largest absolute Gasteiger partial charge is 0.395 e. The molecule has 16 heavy (non-hydrogen) atoms. The molecule has 2 rings (SSSR count). The van der Waals surface area contributed by atoms with Crippen molar-refractivity contribution in [3.63, 3.8) is 0 Å². The molecule has 1 amide bonds. The lowest BCUT2D eigenvalue weighted by molar-refractivity contribution is 0.0720. The van der Waals surface area contributed by atoms with Crippen LogP contribution in [0.1, 0.15) is 22.6 Å². The number of nitrogens with two attached hydrogens (primary N) is 1. The summed E-state index contributed by atoms with van der Waals surface area (Å²) in [6.07, 6.45) is 0.996. The molecule has 1 aliphatic rings. The van der Waals surface area contributed by atoms with Gasteiger partial charge in [0.25, 0.3) is 5.91 Å². The number of hydrogen-bond donors (Lipinski definition) is 2. The number of ether oxygens (including phenoxy) is 1. The van der Waals surface area contributed by atoms with Crippen LogP contribution in [0, 0.1) is 6.92 Å². The van der Waals surface area contributed by atoms with Gasteiger partial charge in [-0.15, -0.1) is 0 Å². The van der Waals surface area contributed by atoms with Gasteiger partial charge in [-0.25, -0.2) is 0 Å². The first-order valence-electron chi connectivity index (χ1n) is 5.26. The Hall–Kier alpha value is -1.56. The Bertz CT molecular complexity index is 402. The van der Waals surface area contributed by atoms with Gasteiger partial charge < -0.3 is 15.4 Å². The van der Waals surface area contributed by atoms with Crippen LogP contribution in [-0.2, 0) is 4.74 Å². The summed E-state index contributed by atoms with van der Waals surface area (Å²) in [4.78, 5) is 13.8. The molecule has 2 heterocycles. The number of nitrogen functional groups attached to an aromatic ring is 1. The Balaban J connectivity index is 2.12. The van der Waals surface area contributed by atoms with Crippen LogP contribution in [0.15, 0.2) is 0 Å². The molecular weight excluding hydrogens is 208 g/mol. The van der Waals surface area contributed by atoms with Gasteiger partial charge in [-0.05, 0) is 13.3 Å². The van der Waals surface area contributed by atoms with Crippen molar-refractivity contribution in [3.8, 4) is 0 Å². The zero-order valence-electron chi connectivity index (χ0n) is 9.49. The highest BCUT2D eigenvalue weighted by Crippen LogP contribution is 2.19. The zero-order chi connectivity index (χ0) is 11.7. The molecule has 1 aromatic rings. The van der Waals surface area contributed by atoms with E-state index >= 15 is 0 Å². The Morgan fingerprint density at radius 1 is 1.69 bits per heavy atom. The number of rotatable bonds is 2. The lowest BCUT2D eigenvalue weighted by Gasteiger charge is -2.14. The molecule has 6 heteroatoms. The maximum atomic E-state index is 12.1. The minimum atomic E-state index is -0.124. The van der Waals surface area contributed by atoms with Gasteiger partial charge in [-0.1, -0.05) is 0 Å². The molecule has 3 N–H and O–H groups in total. The number of anilines is 1. The number of aryl methyl sites for hydroxylation is 1. The lowest BCUT2D eigenvalue weighted by atomic mass is 10.3. The smallest absolute Gasteiger partial charge is 0.276 e. The van der Waals surface area contributed by atoms with Crippen LogP contribution in [0.4, 0.5) is 5.69 Å². The summed E-state index contributed by atoms with van der Waals surface area (Å²) in [6, 6.07) is 0. The highest BCUT2D eigenvalue weighted by atomic mass is 16.5. The third-order valence-electron chi connectivity index (χ3n) is 2.96. The van der Waals surface area contributed by atoms with Gasteiger partial charge in [0.15, 0.2) is 5.69 Å². The van der Waals surface area contributed by atoms with Crippen molar-refractivity contribution < 1.29 is 9.53 Å². The number of H-pyrrole nitrogens is 1. The fourth-order valence-corrected chi connectivity index (χ4v) is 1.86. The van der Waals surface area contributed by atoms with E-state index in [2.05, 4.69) is 10.2 Å². The standard InChI is InChI=1S/C10H16N4O2/c1-6-8(11)9(13-12-6)10(15)14-4-3-7(5-14)16-2/h7H,3-5,11H2,1-2H3,(H,12,13). The molecule has 1 aromatic heterocycles. The molecule has 0 spiro atoms. The highest BCUT2D eigenvalue weighted by molar-refractivity contribution is 5.97. The van der Waals surface area contributed by atoms with Crippen LogP contribution in [0.2, 0.25) is 0 Å². The minimum Gasteiger partial charge on any atom is -0.395 e. The van der Waals surface area contributed by atoms with Gasteiger partial charge in [-0.2, -0.15) is 5.10 Å². The van der Waals surface area contributed by atoms with E-state index in [9.17, 15) is 4.79 Å². The predicted octanol–water partition coefficient (Wildman–Crippen LogP) is 0.161. The predicted molar refractivity (Wildman–Crippen MR) is 59.1 cm³/mol. The average molecular weight is 224 g/mol. The number of aromatic nitrogens is 2.